The molecule has 17 heavy (non-hydrogen) atoms. The molecule has 0 bridgehead atoms. The van der Waals surface area contributed by atoms with Gasteiger partial charge in [0.2, 0.25) is 0 Å². The summed E-state index contributed by atoms with van der Waals surface area (Å²) in [5, 5.41) is 1.14. The second-order valence-corrected chi connectivity index (χ2v) is 3.89. The highest BCUT2D eigenvalue weighted by Crippen LogP contribution is 2.18. The fraction of sp³-hybridized carbons (Fsp3) is 0.250. The van der Waals surface area contributed by atoms with E-state index in [2.05, 4.69) is 0 Å². The highest BCUT2D eigenvalue weighted by atomic mass is 35.5. The molecule has 0 aliphatic heterocycles. The first kappa shape index (κ1) is 13.7. The maximum absolute atomic E-state index is 12.9. The molecule has 92 valence electrons. The number of amides is 1. The van der Waals surface area contributed by atoms with Crippen LogP contribution in [0.4, 0.5) is 4.39 Å². The third-order valence-electron chi connectivity index (χ3n) is 2.22. The molecule has 0 spiro atoms. The summed E-state index contributed by atoms with van der Waals surface area (Å²) < 4.78 is 12.9. The van der Waals surface area contributed by atoms with Crippen LogP contribution in [0.15, 0.2) is 23.8 Å². The largest absolute Gasteiger partial charge is 0.274 e. The van der Waals surface area contributed by atoms with Crippen LogP contribution in [-0.2, 0) is 9.63 Å². The molecule has 0 aromatic heterocycles. The van der Waals surface area contributed by atoms with Crippen molar-refractivity contribution in [3.8, 4) is 0 Å². The van der Waals surface area contributed by atoms with E-state index in [1.54, 1.807) is 19.1 Å². The summed E-state index contributed by atoms with van der Waals surface area (Å²) >= 11 is 5.64. The molecular weight excluding hydrogens is 245 g/mol. The van der Waals surface area contributed by atoms with Gasteiger partial charge in [-0.2, -0.15) is 0 Å². The molecule has 0 heterocycles. The number of hydroxylamine groups is 2. The van der Waals surface area contributed by atoms with Crippen molar-refractivity contribution in [2.45, 2.75) is 6.92 Å². The van der Waals surface area contributed by atoms with E-state index in [1.807, 2.05) is 0 Å². The standard InChI is InChI=1S/C12H13ClFNO2/c1-8(12(16)15(2)17-3)6-9-4-5-11(14)10(13)7-9/h4-7H,1-3H3/b8-6+. The third kappa shape index (κ3) is 3.54. The van der Waals surface area contributed by atoms with Crippen LogP contribution >= 0.6 is 11.6 Å². The van der Waals surface area contributed by atoms with Crippen LogP contribution in [0.2, 0.25) is 5.02 Å². The number of likely N-dealkylation sites (N-methyl/N-ethyl adjacent to an activating group) is 1. The quantitative estimate of drug-likeness (QED) is 0.616. The minimum atomic E-state index is -0.484. The molecule has 1 aromatic carbocycles. The minimum absolute atomic E-state index is 0.0269. The van der Waals surface area contributed by atoms with E-state index in [0.717, 1.165) is 5.06 Å². The van der Waals surface area contributed by atoms with Crippen LogP contribution in [0.3, 0.4) is 0 Å². The summed E-state index contributed by atoms with van der Waals surface area (Å²) in [6, 6.07) is 4.26. The number of benzene rings is 1. The van der Waals surface area contributed by atoms with E-state index in [-0.39, 0.29) is 10.9 Å². The van der Waals surface area contributed by atoms with Crippen LogP contribution in [0.5, 0.6) is 0 Å². The molecule has 0 N–H and O–H groups in total. The Morgan fingerprint density at radius 3 is 2.71 bits per heavy atom. The van der Waals surface area contributed by atoms with Crippen molar-refractivity contribution < 1.29 is 14.0 Å². The van der Waals surface area contributed by atoms with E-state index in [4.69, 9.17) is 16.4 Å². The van der Waals surface area contributed by atoms with Gasteiger partial charge >= 0.3 is 0 Å². The van der Waals surface area contributed by atoms with Gasteiger partial charge in [-0.1, -0.05) is 17.7 Å². The lowest BCUT2D eigenvalue weighted by molar-refractivity contribution is -0.163. The Kier molecular flexibility index (Phi) is 4.66. The summed E-state index contributed by atoms with van der Waals surface area (Å²) in [4.78, 5) is 16.4. The Labute approximate surface area is 104 Å². The molecule has 1 rings (SSSR count). The van der Waals surface area contributed by atoms with Crippen LogP contribution in [0.1, 0.15) is 12.5 Å². The monoisotopic (exact) mass is 257 g/mol. The molecule has 5 heteroatoms. The normalized spacial score (nSPS) is 11.5. The highest BCUT2D eigenvalue weighted by Gasteiger charge is 2.10. The summed E-state index contributed by atoms with van der Waals surface area (Å²) in [5.74, 6) is -0.755. The molecule has 0 radical (unpaired) electrons. The Hall–Kier alpha value is -1.39. The Morgan fingerprint density at radius 1 is 1.53 bits per heavy atom. The van der Waals surface area contributed by atoms with Gasteiger partial charge in [-0.05, 0) is 30.7 Å². The van der Waals surface area contributed by atoms with Gasteiger partial charge in [0.25, 0.3) is 5.91 Å². The lowest BCUT2D eigenvalue weighted by Crippen LogP contribution is -2.25. The van der Waals surface area contributed by atoms with E-state index >= 15 is 0 Å². The number of hydrogen-bond donors (Lipinski definition) is 0. The smallest absolute Gasteiger partial charge is 0.272 e. The molecule has 3 nitrogen and oxygen atoms in total. The molecule has 0 aliphatic carbocycles. The molecule has 0 saturated carbocycles. The van der Waals surface area contributed by atoms with E-state index in [0.29, 0.717) is 11.1 Å². The lowest BCUT2D eigenvalue weighted by atomic mass is 10.1. The highest BCUT2D eigenvalue weighted by molar-refractivity contribution is 6.30. The Balaban J connectivity index is 2.94. The minimum Gasteiger partial charge on any atom is -0.274 e. The van der Waals surface area contributed by atoms with Crippen molar-refractivity contribution in [3.05, 3.63) is 40.2 Å². The maximum Gasteiger partial charge on any atom is 0.272 e. The van der Waals surface area contributed by atoms with Crippen LogP contribution < -0.4 is 0 Å². The average molecular weight is 258 g/mol. The van der Waals surface area contributed by atoms with Gasteiger partial charge in [0.15, 0.2) is 0 Å². The van der Waals surface area contributed by atoms with Crippen molar-refractivity contribution in [2.75, 3.05) is 14.2 Å². The first-order valence-electron chi connectivity index (χ1n) is 4.91. The van der Waals surface area contributed by atoms with Gasteiger partial charge in [-0.15, -0.1) is 0 Å². The second kappa shape index (κ2) is 5.80. The second-order valence-electron chi connectivity index (χ2n) is 3.49. The number of rotatable bonds is 3. The predicted octanol–water partition coefficient (Wildman–Crippen LogP) is 2.90. The molecule has 0 saturated heterocycles. The van der Waals surface area contributed by atoms with E-state index < -0.39 is 5.82 Å². The topological polar surface area (TPSA) is 29.5 Å². The van der Waals surface area contributed by atoms with E-state index in [9.17, 15) is 9.18 Å². The summed E-state index contributed by atoms with van der Waals surface area (Å²) in [6.45, 7) is 1.65. The van der Waals surface area contributed by atoms with Gasteiger partial charge in [0, 0.05) is 12.6 Å². The zero-order valence-electron chi connectivity index (χ0n) is 9.83. The predicted molar refractivity (Wildman–Crippen MR) is 64.8 cm³/mol. The first-order valence-corrected chi connectivity index (χ1v) is 5.29. The first-order chi connectivity index (χ1) is 7.95. The van der Waals surface area contributed by atoms with Crippen molar-refractivity contribution >= 4 is 23.6 Å². The zero-order chi connectivity index (χ0) is 13.0. The summed E-state index contributed by atoms with van der Waals surface area (Å²) in [5.41, 5.74) is 1.13. The van der Waals surface area contributed by atoms with Gasteiger partial charge in [-0.25, -0.2) is 9.45 Å². The molecule has 1 amide bonds. The number of hydrogen-bond acceptors (Lipinski definition) is 2. The van der Waals surface area contributed by atoms with Gasteiger partial charge < -0.3 is 0 Å². The molecule has 0 aliphatic rings. The molecular formula is C12H13ClFNO2. The Morgan fingerprint density at radius 2 is 2.18 bits per heavy atom. The molecule has 0 atom stereocenters. The van der Waals surface area contributed by atoms with Crippen molar-refractivity contribution in [1.82, 2.24) is 5.06 Å². The van der Waals surface area contributed by atoms with Gasteiger partial charge in [0.1, 0.15) is 5.82 Å². The van der Waals surface area contributed by atoms with Crippen molar-refractivity contribution in [2.24, 2.45) is 0 Å². The fourth-order valence-corrected chi connectivity index (χ4v) is 1.43. The number of halogens is 2. The van der Waals surface area contributed by atoms with Crippen molar-refractivity contribution in [3.63, 3.8) is 0 Å². The van der Waals surface area contributed by atoms with Crippen molar-refractivity contribution in [1.29, 1.82) is 0 Å². The number of carbonyl (C=O) groups is 1. The molecule has 0 unspecified atom stereocenters. The SMILES string of the molecule is CON(C)C(=O)/C(C)=C/c1ccc(F)c(Cl)c1. The zero-order valence-corrected chi connectivity index (χ0v) is 10.6. The fourth-order valence-electron chi connectivity index (χ4n) is 1.25. The van der Waals surface area contributed by atoms with Gasteiger partial charge in [0.05, 0.1) is 12.1 Å². The average Bonchev–Trinajstić information content (AvgIpc) is 2.31. The van der Waals surface area contributed by atoms with Crippen LogP contribution in [-0.4, -0.2) is 25.1 Å². The summed E-state index contributed by atoms with van der Waals surface area (Å²) in [6.07, 6.45) is 1.61. The lowest BCUT2D eigenvalue weighted by Gasteiger charge is -2.13. The van der Waals surface area contributed by atoms with E-state index in [1.165, 1.54) is 26.3 Å². The number of carbonyl (C=O) groups excluding carboxylic acids is 1. The Bertz CT molecular complexity index is 460. The third-order valence-corrected chi connectivity index (χ3v) is 2.51. The maximum atomic E-state index is 12.9. The molecule has 0 fully saturated rings. The van der Waals surface area contributed by atoms with Crippen LogP contribution in [0.25, 0.3) is 6.08 Å². The number of nitrogens with zero attached hydrogens (tertiary/aromatic N) is 1. The van der Waals surface area contributed by atoms with Gasteiger partial charge in [-0.3, -0.25) is 9.63 Å². The van der Waals surface area contributed by atoms with Crippen LogP contribution in [0, 0.1) is 5.82 Å². The molecule has 1 aromatic rings. The summed E-state index contributed by atoms with van der Waals surface area (Å²) in [7, 11) is 2.91.